The second kappa shape index (κ2) is 2.99. The Balaban J connectivity index is 3.33. The van der Waals surface area contributed by atoms with Crippen LogP contribution in [-0.4, -0.2) is 8.42 Å². The number of halogens is 3. The highest BCUT2D eigenvalue weighted by molar-refractivity contribution is 7.86. The maximum Gasteiger partial charge on any atom is 0.332 e. The van der Waals surface area contributed by atoms with Gasteiger partial charge in [0.25, 0.3) is 0 Å². The molecule has 0 saturated heterocycles. The summed E-state index contributed by atoms with van der Waals surface area (Å²) in [5.74, 6) is -0.963. The molecule has 0 atom stereocenters. The van der Waals surface area contributed by atoms with Crippen molar-refractivity contribution in [2.75, 3.05) is 0 Å². The van der Waals surface area contributed by atoms with Crippen LogP contribution in [0.4, 0.5) is 8.28 Å². The highest BCUT2D eigenvalue weighted by Gasteiger charge is 2.13. The minimum Gasteiger partial charge on any atom is -0.205 e. The second-order valence-electron chi connectivity index (χ2n) is 2.01. The number of rotatable bonds is 1. The Morgan fingerprint density at radius 3 is 2.33 bits per heavy atom. The molecule has 0 aliphatic carbocycles. The first-order valence-electron chi connectivity index (χ1n) is 2.81. The Labute approximate surface area is 73.0 Å². The summed E-state index contributed by atoms with van der Waals surface area (Å²) in [4.78, 5) is -0.732. The third-order valence-corrected chi connectivity index (χ3v) is 2.30. The summed E-state index contributed by atoms with van der Waals surface area (Å²) in [5, 5.41) is -0.248. The first kappa shape index (κ1) is 9.41. The second-order valence-corrected chi connectivity index (χ2v) is 3.77. The molecule has 6 heteroatoms. The smallest absolute Gasteiger partial charge is 0.205 e. The average molecular weight is 213 g/mol. The molecule has 12 heavy (non-hydrogen) atoms. The van der Waals surface area contributed by atoms with Gasteiger partial charge in [0, 0.05) is 0 Å². The summed E-state index contributed by atoms with van der Waals surface area (Å²) in [6.45, 7) is 0. The Morgan fingerprint density at radius 2 is 1.92 bits per heavy atom. The van der Waals surface area contributed by atoms with Crippen molar-refractivity contribution in [3.63, 3.8) is 0 Å². The van der Waals surface area contributed by atoms with E-state index in [9.17, 15) is 16.7 Å². The molecule has 0 aromatic heterocycles. The zero-order valence-electron chi connectivity index (χ0n) is 5.59. The first-order valence-corrected chi connectivity index (χ1v) is 4.57. The van der Waals surface area contributed by atoms with E-state index in [1.54, 1.807) is 0 Å². The van der Waals surface area contributed by atoms with Crippen molar-refractivity contribution in [3.05, 3.63) is 29.0 Å². The molecule has 0 radical (unpaired) electrons. The minimum atomic E-state index is -4.84. The average Bonchev–Trinajstić information content (AvgIpc) is 1.92. The zero-order valence-corrected chi connectivity index (χ0v) is 7.16. The van der Waals surface area contributed by atoms with Gasteiger partial charge < -0.3 is 0 Å². The molecule has 0 unspecified atom stereocenters. The molecule has 0 heterocycles. The van der Waals surface area contributed by atoms with Crippen molar-refractivity contribution in [3.8, 4) is 0 Å². The third kappa shape index (κ3) is 1.92. The summed E-state index contributed by atoms with van der Waals surface area (Å²) < 4.78 is 45.2. The van der Waals surface area contributed by atoms with Gasteiger partial charge in [-0.3, -0.25) is 0 Å². The Bertz CT molecular complexity index is 402. The van der Waals surface area contributed by atoms with E-state index < -0.39 is 20.9 Å². The van der Waals surface area contributed by atoms with Crippen molar-refractivity contribution in [2.45, 2.75) is 4.90 Å². The van der Waals surface area contributed by atoms with Crippen LogP contribution >= 0.6 is 11.6 Å². The third-order valence-electron chi connectivity index (χ3n) is 1.17. The van der Waals surface area contributed by atoms with Gasteiger partial charge >= 0.3 is 10.2 Å². The molecule has 0 fully saturated rings. The first-order chi connectivity index (χ1) is 5.41. The van der Waals surface area contributed by atoms with Gasteiger partial charge in [-0.25, -0.2) is 4.39 Å². The van der Waals surface area contributed by atoms with Gasteiger partial charge in [-0.2, -0.15) is 8.42 Å². The topological polar surface area (TPSA) is 34.1 Å². The Morgan fingerprint density at radius 1 is 1.33 bits per heavy atom. The van der Waals surface area contributed by atoms with Crippen LogP contribution in [0.1, 0.15) is 0 Å². The van der Waals surface area contributed by atoms with E-state index in [4.69, 9.17) is 11.6 Å². The van der Waals surface area contributed by atoms with Gasteiger partial charge in [-0.05, 0) is 18.2 Å². The lowest BCUT2D eigenvalue weighted by Crippen LogP contribution is -1.92. The zero-order chi connectivity index (χ0) is 9.35. The van der Waals surface area contributed by atoms with E-state index in [1.165, 1.54) is 0 Å². The van der Waals surface area contributed by atoms with Crippen molar-refractivity contribution in [1.29, 1.82) is 0 Å². The van der Waals surface area contributed by atoms with Gasteiger partial charge in [0.15, 0.2) is 0 Å². The molecule has 1 aromatic rings. The maximum absolute atomic E-state index is 12.5. The number of hydrogen-bond donors (Lipinski definition) is 0. The van der Waals surface area contributed by atoms with Crippen LogP contribution in [-0.2, 0) is 10.2 Å². The van der Waals surface area contributed by atoms with Crippen LogP contribution in [0.15, 0.2) is 23.1 Å². The van der Waals surface area contributed by atoms with E-state index in [-0.39, 0.29) is 5.02 Å². The normalized spacial score (nSPS) is 11.6. The standard InChI is InChI=1S/C6H3ClF2O2S/c7-5-2-1-4(3-6(5)8)12(9,10)11/h1-3H. The molecule has 0 aliphatic rings. The van der Waals surface area contributed by atoms with Crippen molar-refractivity contribution >= 4 is 21.8 Å². The quantitative estimate of drug-likeness (QED) is 0.669. The lowest BCUT2D eigenvalue weighted by molar-refractivity contribution is 0.549. The van der Waals surface area contributed by atoms with Gasteiger partial charge in [-0.15, -0.1) is 3.89 Å². The molecular weight excluding hydrogens is 210 g/mol. The van der Waals surface area contributed by atoms with E-state index >= 15 is 0 Å². The van der Waals surface area contributed by atoms with Crippen LogP contribution in [0, 0.1) is 5.82 Å². The highest BCUT2D eigenvalue weighted by atomic mass is 35.5. The van der Waals surface area contributed by atoms with Crippen LogP contribution in [0.3, 0.4) is 0 Å². The molecular formula is C6H3ClF2O2S. The van der Waals surface area contributed by atoms with Gasteiger partial charge in [-0.1, -0.05) is 11.6 Å². The fourth-order valence-electron chi connectivity index (χ4n) is 0.629. The molecule has 66 valence electrons. The van der Waals surface area contributed by atoms with Crippen LogP contribution in [0.2, 0.25) is 5.02 Å². The summed E-state index contributed by atoms with van der Waals surface area (Å²) in [6, 6.07) is 2.39. The monoisotopic (exact) mass is 212 g/mol. The SMILES string of the molecule is O=S(=O)(F)c1ccc(Cl)c(F)c1. The predicted octanol–water partition coefficient (Wildman–Crippen LogP) is 2.14. The summed E-state index contributed by atoms with van der Waals surface area (Å²) in [6.07, 6.45) is 0. The molecule has 0 N–H and O–H groups in total. The van der Waals surface area contributed by atoms with Gasteiger partial charge in [0.1, 0.15) is 10.7 Å². The van der Waals surface area contributed by atoms with Gasteiger partial charge in [0.05, 0.1) is 5.02 Å². The van der Waals surface area contributed by atoms with Crippen LogP contribution in [0.5, 0.6) is 0 Å². The molecule has 0 aliphatic heterocycles. The summed E-state index contributed by atoms with van der Waals surface area (Å²) >= 11 is 5.24. The van der Waals surface area contributed by atoms with Crippen molar-refractivity contribution in [1.82, 2.24) is 0 Å². The van der Waals surface area contributed by atoms with Crippen molar-refractivity contribution < 1.29 is 16.7 Å². The lowest BCUT2D eigenvalue weighted by atomic mass is 10.3. The molecule has 0 spiro atoms. The summed E-state index contributed by atoms with van der Waals surface area (Å²) in [5.41, 5.74) is 0. The Kier molecular flexibility index (Phi) is 2.34. The fourth-order valence-corrected chi connectivity index (χ4v) is 1.22. The molecule has 0 saturated carbocycles. The predicted molar refractivity (Wildman–Crippen MR) is 39.7 cm³/mol. The Hall–Kier alpha value is -0.680. The molecule has 0 amide bonds. The lowest BCUT2D eigenvalue weighted by Gasteiger charge is -1.95. The van der Waals surface area contributed by atoms with Gasteiger partial charge in [0.2, 0.25) is 0 Å². The molecule has 2 nitrogen and oxygen atoms in total. The minimum absolute atomic E-state index is 0.248. The van der Waals surface area contributed by atoms with E-state index in [0.29, 0.717) is 6.07 Å². The number of benzene rings is 1. The largest absolute Gasteiger partial charge is 0.332 e. The van der Waals surface area contributed by atoms with E-state index in [2.05, 4.69) is 0 Å². The van der Waals surface area contributed by atoms with E-state index in [1.807, 2.05) is 0 Å². The summed E-state index contributed by atoms with van der Waals surface area (Å²) in [7, 11) is -4.84. The van der Waals surface area contributed by atoms with Crippen molar-refractivity contribution in [2.24, 2.45) is 0 Å². The maximum atomic E-state index is 12.5. The number of hydrogen-bond acceptors (Lipinski definition) is 2. The van der Waals surface area contributed by atoms with Crippen LogP contribution < -0.4 is 0 Å². The molecule has 1 rings (SSSR count). The fraction of sp³-hybridized carbons (Fsp3) is 0. The highest BCUT2D eigenvalue weighted by Crippen LogP contribution is 2.19. The van der Waals surface area contributed by atoms with Crippen LogP contribution in [0.25, 0.3) is 0 Å². The van der Waals surface area contributed by atoms with E-state index in [0.717, 1.165) is 12.1 Å². The molecule has 1 aromatic carbocycles. The molecule has 0 bridgehead atoms.